The maximum atomic E-state index is 12.3. The van der Waals surface area contributed by atoms with Crippen molar-refractivity contribution in [1.82, 2.24) is 5.32 Å². The number of nitrogens with one attached hydrogen (secondary N) is 1. The molecule has 1 amide bonds. The van der Waals surface area contributed by atoms with E-state index in [9.17, 15) is 4.79 Å². The SMILES string of the molecule is CC(Oc1ccc(Br)cc1)C(=O)NC(C)c1cc2ccccc2o1. The molecule has 2 unspecified atom stereocenters. The fourth-order valence-electron chi connectivity index (χ4n) is 2.39. The molecule has 0 aliphatic rings. The van der Waals surface area contributed by atoms with E-state index in [0.717, 1.165) is 21.2 Å². The second-order valence-corrected chi connectivity index (χ2v) is 6.55. The second kappa shape index (κ2) is 7.09. The van der Waals surface area contributed by atoms with Crippen LogP contribution >= 0.6 is 15.9 Å². The summed E-state index contributed by atoms with van der Waals surface area (Å²) in [5.74, 6) is 1.18. The van der Waals surface area contributed by atoms with Gasteiger partial charge in [0, 0.05) is 9.86 Å². The number of benzene rings is 2. The van der Waals surface area contributed by atoms with Gasteiger partial charge in [0.15, 0.2) is 6.10 Å². The molecule has 3 aromatic rings. The lowest BCUT2D eigenvalue weighted by atomic mass is 10.2. The molecule has 3 rings (SSSR count). The third kappa shape index (κ3) is 3.79. The van der Waals surface area contributed by atoms with Crippen LogP contribution in [0.1, 0.15) is 25.6 Å². The first kappa shape index (κ1) is 16.6. The molecule has 0 fully saturated rings. The van der Waals surface area contributed by atoms with Crippen molar-refractivity contribution < 1.29 is 13.9 Å². The number of fused-ring (bicyclic) bond motifs is 1. The molecular formula is C19H18BrNO3. The van der Waals surface area contributed by atoms with Gasteiger partial charge in [-0.15, -0.1) is 0 Å². The number of amides is 1. The lowest BCUT2D eigenvalue weighted by Crippen LogP contribution is -2.37. The monoisotopic (exact) mass is 387 g/mol. The van der Waals surface area contributed by atoms with Gasteiger partial charge in [-0.25, -0.2) is 0 Å². The minimum absolute atomic E-state index is 0.189. The van der Waals surface area contributed by atoms with E-state index in [0.29, 0.717) is 5.75 Å². The molecule has 1 aromatic heterocycles. The standard InChI is InChI=1S/C19H18BrNO3/c1-12(18-11-14-5-3-4-6-17(14)24-18)21-19(22)13(2)23-16-9-7-15(20)8-10-16/h3-13H,1-2H3,(H,21,22). The molecule has 0 radical (unpaired) electrons. The van der Waals surface area contributed by atoms with Crippen molar-refractivity contribution in [2.45, 2.75) is 26.0 Å². The number of furan rings is 1. The average molecular weight is 388 g/mol. The maximum Gasteiger partial charge on any atom is 0.261 e. The largest absolute Gasteiger partial charge is 0.481 e. The van der Waals surface area contributed by atoms with Gasteiger partial charge >= 0.3 is 0 Å². The van der Waals surface area contributed by atoms with Crippen molar-refractivity contribution >= 4 is 32.8 Å². The minimum Gasteiger partial charge on any atom is -0.481 e. The summed E-state index contributed by atoms with van der Waals surface area (Å²) in [6.07, 6.45) is -0.599. The van der Waals surface area contributed by atoms with Gasteiger partial charge < -0.3 is 14.5 Å². The van der Waals surface area contributed by atoms with Gasteiger partial charge in [0.25, 0.3) is 5.91 Å². The molecule has 124 valence electrons. The summed E-state index contributed by atoms with van der Waals surface area (Å²) < 4.78 is 12.4. The van der Waals surface area contributed by atoms with Crippen molar-refractivity contribution in [3.63, 3.8) is 0 Å². The highest BCUT2D eigenvalue weighted by Crippen LogP contribution is 2.24. The lowest BCUT2D eigenvalue weighted by Gasteiger charge is -2.17. The van der Waals surface area contributed by atoms with Crippen LogP contribution < -0.4 is 10.1 Å². The number of ether oxygens (including phenoxy) is 1. The van der Waals surface area contributed by atoms with Crippen LogP contribution in [0, 0.1) is 0 Å². The Morgan fingerprint density at radius 3 is 2.54 bits per heavy atom. The summed E-state index contributed by atoms with van der Waals surface area (Å²) in [5, 5.41) is 3.94. The van der Waals surface area contributed by atoms with Gasteiger partial charge in [0.1, 0.15) is 17.1 Å². The van der Waals surface area contributed by atoms with Gasteiger partial charge in [0.05, 0.1) is 6.04 Å². The van der Waals surface area contributed by atoms with Crippen LogP contribution in [0.2, 0.25) is 0 Å². The predicted molar refractivity (Wildman–Crippen MR) is 97.0 cm³/mol. The first-order valence-electron chi connectivity index (χ1n) is 7.74. The molecule has 2 aromatic carbocycles. The van der Waals surface area contributed by atoms with Crippen LogP contribution in [0.4, 0.5) is 0 Å². The highest BCUT2D eigenvalue weighted by molar-refractivity contribution is 9.10. The van der Waals surface area contributed by atoms with Crippen LogP contribution in [0.25, 0.3) is 11.0 Å². The number of carbonyl (C=O) groups excluding carboxylic acids is 1. The van der Waals surface area contributed by atoms with Crippen LogP contribution in [0.5, 0.6) is 5.75 Å². The van der Waals surface area contributed by atoms with Gasteiger partial charge in [-0.1, -0.05) is 34.1 Å². The number of carbonyl (C=O) groups is 1. The van der Waals surface area contributed by atoms with Crippen molar-refractivity contribution in [2.75, 3.05) is 0 Å². The Morgan fingerprint density at radius 1 is 1.12 bits per heavy atom. The quantitative estimate of drug-likeness (QED) is 0.681. The third-order valence-electron chi connectivity index (χ3n) is 3.73. The zero-order valence-corrected chi connectivity index (χ0v) is 15.0. The first-order chi connectivity index (χ1) is 11.5. The summed E-state index contributed by atoms with van der Waals surface area (Å²) in [4.78, 5) is 12.3. The summed E-state index contributed by atoms with van der Waals surface area (Å²) in [7, 11) is 0. The Hall–Kier alpha value is -2.27. The van der Waals surface area contributed by atoms with Gasteiger partial charge in [-0.3, -0.25) is 4.79 Å². The van der Waals surface area contributed by atoms with E-state index in [4.69, 9.17) is 9.15 Å². The van der Waals surface area contributed by atoms with Gasteiger partial charge in [-0.05, 0) is 50.2 Å². The van der Waals surface area contributed by atoms with E-state index >= 15 is 0 Å². The van der Waals surface area contributed by atoms with E-state index in [1.165, 1.54) is 0 Å². The van der Waals surface area contributed by atoms with Crippen LogP contribution in [-0.4, -0.2) is 12.0 Å². The van der Waals surface area contributed by atoms with Crippen LogP contribution in [-0.2, 0) is 4.79 Å². The first-order valence-corrected chi connectivity index (χ1v) is 8.53. The van der Waals surface area contributed by atoms with Gasteiger partial charge in [-0.2, -0.15) is 0 Å². The number of rotatable bonds is 5. The Morgan fingerprint density at radius 2 is 1.83 bits per heavy atom. The highest BCUT2D eigenvalue weighted by atomic mass is 79.9. The smallest absolute Gasteiger partial charge is 0.261 e. The molecule has 1 N–H and O–H groups in total. The Kier molecular flexibility index (Phi) is 4.90. The molecule has 4 nitrogen and oxygen atoms in total. The zero-order chi connectivity index (χ0) is 17.1. The molecule has 0 saturated heterocycles. The summed E-state index contributed by atoms with van der Waals surface area (Å²) in [5.41, 5.74) is 0.813. The van der Waals surface area contributed by atoms with E-state index in [-0.39, 0.29) is 11.9 Å². The topological polar surface area (TPSA) is 51.5 Å². The van der Waals surface area contributed by atoms with Crippen molar-refractivity contribution in [3.8, 4) is 5.75 Å². The molecule has 0 aliphatic carbocycles. The summed E-state index contributed by atoms with van der Waals surface area (Å²) in [6.45, 7) is 3.62. The van der Waals surface area contributed by atoms with E-state index < -0.39 is 6.10 Å². The molecule has 5 heteroatoms. The van der Waals surface area contributed by atoms with Gasteiger partial charge in [0.2, 0.25) is 0 Å². The zero-order valence-electron chi connectivity index (χ0n) is 13.5. The average Bonchev–Trinajstić information content (AvgIpc) is 3.01. The van der Waals surface area contributed by atoms with E-state index in [2.05, 4.69) is 21.2 Å². The second-order valence-electron chi connectivity index (χ2n) is 5.63. The van der Waals surface area contributed by atoms with E-state index in [1.807, 2.05) is 61.5 Å². The number of hydrogen-bond acceptors (Lipinski definition) is 3. The Balaban J connectivity index is 1.63. The summed E-state index contributed by atoms with van der Waals surface area (Å²) in [6, 6.07) is 16.9. The van der Waals surface area contributed by atoms with Crippen molar-refractivity contribution in [2.24, 2.45) is 0 Å². The lowest BCUT2D eigenvalue weighted by molar-refractivity contribution is -0.128. The molecule has 1 heterocycles. The maximum absolute atomic E-state index is 12.3. The number of para-hydroxylation sites is 1. The minimum atomic E-state index is -0.599. The molecule has 24 heavy (non-hydrogen) atoms. The molecule has 0 aliphatic heterocycles. The van der Waals surface area contributed by atoms with E-state index in [1.54, 1.807) is 6.92 Å². The molecule has 0 bridgehead atoms. The molecule has 2 atom stereocenters. The third-order valence-corrected chi connectivity index (χ3v) is 4.25. The molecule has 0 saturated carbocycles. The van der Waals surface area contributed by atoms with Crippen LogP contribution in [0.3, 0.4) is 0 Å². The number of halogens is 1. The fraction of sp³-hybridized carbons (Fsp3) is 0.211. The number of hydrogen-bond donors (Lipinski definition) is 1. The fourth-order valence-corrected chi connectivity index (χ4v) is 2.65. The van der Waals surface area contributed by atoms with Crippen molar-refractivity contribution in [1.29, 1.82) is 0 Å². The van der Waals surface area contributed by atoms with Crippen molar-refractivity contribution in [3.05, 3.63) is 64.8 Å². The predicted octanol–water partition coefficient (Wildman–Crippen LogP) is 4.84. The Bertz CT molecular complexity index is 808. The van der Waals surface area contributed by atoms with Crippen LogP contribution in [0.15, 0.2) is 63.5 Å². The molecular weight excluding hydrogens is 370 g/mol. The molecule has 0 spiro atoms. The summed E-state index contributed by atoms with van der Waals surface area (Å²) >= 11 is 3.37. The Labute approximate surface area is 148 Å². The normalized spacial score (nSPS) is 13.5. The highest BCUT2D eigenvalue weighted by Gasteiger charge is 2.19.